The van der Waals surface area contributed by atoms with Gasteiger partial charge in [0, 0.05) is 11.8 Å². The molecule has 1 aromatic rings. The van der Waals surface area contributed by atoms with Crippen molar-refractivity contribution in [1.82, 2.24) is 0 Å². The molecule has 0 fully saturated rings. The maximum absolute atomic E-state index is 11.9. The molecule has 0 spiro atoms. The monoisotopic (exact) mass is 280 g/mol. The third kappa shape index (κ3) is 4.42. The lowest BCUT2D eigenvalue weighted by atomic mass is 10.0. The van der Waals surface area contributed by atoms with Crippen LogP contribution in [0.25, 0.3) is 0 Å². The summed E-state index contributed by atoms with van der Waals surface area (Å²) in [6, 6.07) is 4.78. The number of hydrogen-bond acceptors (Lipinski definition) is 4. The Labute approximate surface area is 120 Å². The Morgan fingerprint density at radius 2 is 1.80 bits per heavy atom. The van der Waals surface area contributed by atoms with Crippen LogP contribution in [0.2, 0.25) is 0 Å². The highest BCUT2D eigenvalue weighted by Gasteiger charge is 2.17. The minimum Gasteiger partial charge on any atom is -0.490 e. The molecule has 0 saturated heterocycles. The molecule has 112 valence electrons. The van der Waals surface area contributed by atoms with E-state index in [9.17, 15) is 4.79 Å². The predicted octanol–water partition coefficient (Wildman–Crippen LogP) is 2.41. The molecule has 0 radical (unpaired) electrons. The molecule has 20 heavy (non-hydrogen) atoms. The van der Waals surface area contributed by atoms with Gasteiger partial charge < -0.3 is 20.5 Å². The second-order valence-corrected chi connectivity index (χ2v) is 4.79. The van der Waals surface area contributed by atoms with Gasteiger partial charge in [-0.15, -0.1) is 0 Å². The Kier molecular flexibility index (Phi) is 6.31. The fourth-order valence-electron chi connectivity index (χ4n) is 1.66. The van der Waals surface area contributed by atoms with E-state index >= 15 is 0 Å². The van der Waals surface area contributed by atoms with Crippen molar-refractivity contribution >= 4 is 11.6 Å². The summed E-state index contributed by atoms with van der Waals surface area (Å²) < 4.78 is 11.0. The molecule has 1 aromatic carbocycles. The zero-order valence-corrected chi connectivity index (χ0v) is 12.6. The number of amides is 1. The number of carbonyl (C=O) groups is 1. The number of benzene rings is 1. The second kappa shape index (κ2) is 7.75. The number of ether oxygens (including phenoxy) is 2. The van der Waals surface area contributed by atoms with Gasteiger partial charge in [-0.25, -0.2) is 0 Å². The quantitative estimate of drug-likeness (QED) is 0.804. The van der Waals surface area contributed by atoms with Crippen LogP contribution in [0.3, 0.4) is 0 Å². The lowest BCUT2D eigenvalue weighted by Crippen LogP contribution is -2.39. The zero-order chi connectivity index (χ0) is 15.1. The standard InChI is InChI=1S/C15H24N2O3/c1-5-19-12-8-7-11(9-13(12)20-6-2)17-15(18)14(16)10(3)4/h7-10,14H,5-6,16H2,1-4H3,(H,17,18)/t14-/m0/s1. The van der Waals surface area contributed by atoms with Crippen LogP contribution in [0, 0.1) is 5.92 Å². The zero-order valence-electron chi connectivity index (χ0n) is 12.6. The van der Waals surface area contributed by atoms with E-state index in [1.54, 1.807) is 18.2 Å². The maximum atomic E-state index is 11.9. The summed E-state index contributed by atoms with van der Waals surface area (Å²) in [7, 11) is 0. The van der Waals surface area contributed by atoms with Gasteiger partial charge in [0.1, 0.15) is 0 Å². The molecule has 0 aliphatic carbocycles. The van der Waals surface area contributed by atoms with E-state index < -0.39 is 6.04 Å². The molecule has 0 bridgehead atoms. The summed E-state index contributed by atoms with van der Waals surface area (Å²) in [5.74, 6) is 1.17. The van der Waals surface area contributed by atoms with Gasteiger partial charge in [0.25, 0.3) is 0 Å². The van der Waals surface area contributed by atoms with E-state index in [2.05, 4.69) is 5.32 Å². The Bertz CT molecular complexity index is 447. The number of carbonyl (C=O) groups excluding carboxylic acids is 1. The second-order valence-electron chi connectivity index (χ2n) is 4.79. The lowest BCUT2D eigenvalue weighted by Gasteiger charge is -2.17. The van der Waals surface area contributed by atoms with Gasteiger partial charge in [-0.1, -0.05) is 13.8 Å². The molecule has 0 aliphatic rings. The maximum Gasteiger partial charge on any atom is 0.241 e. The molecule has 0 saturated carbocycles. The molecule has 0 unspecified atom stereocenters. The molecule has 0 aliphatic heterocycles. The molecule has 3 N–H and O–H groups in total. The molecular formula is C15H24N2O3. The molecule has 1 atom stereocenters. The van der Waals surface area contributed by atoms with Crippen LogP contribution >= 0.6 is 0 Å². The normalized spacial score (nSPS) is 12.1. The van der Waals surface area contributed by atoms with Gasteiger partial charge in [-0.3, -0.25) is 4.79 Å². The van der Waals surface area contributed by atoms with Gasteiger partial charge in [0.15, 0.2) is 11.5 Å². The molecule has 0 heterocycles. The highest BCUT2D eigenvalue weighted by molar-refractivity contribution is 5.95. The number of nitrogens with one attached hydrogen (secondary N) is 1. The highest BCUT2D eigenvalue weighted by Crippen LogP contribution is 2.30. The largest absolute Gasteiger partial charge is 0.490 e. The van der Waals surface area contributed by atoms with Crippen molar-refractivity contribution in [3.05, 3.63) is 18.2 Å². The van der Waals surface area contributed by atoms with Crippen LogP contribution in [0.4, 0.5) is 5.69 Å². The molecule has 1 rings (SSSR count). The molecule has 5 heteroatoms. The number of nitrogens with two attached hydrogens (primary N) is 1. The van der Waals surface area contributed by atoms with E-state index in [1.165, 1.54) is 0 Å². The number of hydrogen-bond donors (Lipinski definition) is 2. The first-order valence-electron chi connectivity index (χ1n) is 6.95. The summed E-state index contributed by atoms with van der Waals surface area (Å²) >= 11 is 0. The smallest absolute Gasteiger partial charge is 0.241 e. The minimum absolute atomic E-state index is 0.0871. The van der Waals surface area contributed by atoms with Crippen molar-refractivity contribution < 1.29 is 14.3 Å². The minimum atomic E-state index is -0.530. The Morgan fingerprint density at radius 3 is 2.35 bits per heavy atom. The van der Waals surface area contributed by atoms with Crippen molar-refractivity contribution in [3.8, 4) is 11.5 Å². The fraction of sp³-hybridized carbons (Fsp3) is 0.533. The molecule has 1 amide bonds. The van der Waals surface area contributed by atoms with Crippen LogP contribution in [0.5, 0.6) is 11.5 Å². The average molecular weight is 280 g/mol. The first-order valence-corrected chi connectivity index (χ1v) is 6.95. The van der Waals surface area contributed by atoms with Gasteiger partial charge in [-0.05, 0) is 31.9 Å². The van der Waals surface area contributed by atoms with Crippen LogP contribution in [0.1, 0.15) is 27.7 Å². The average Bonchev–Trinajstić information content (AvgIpc) is 2.41. The van der Waals surface area contributed by atoms with Crippen LogP contribution in [-0.4, -0.2) is 25.2 Å². The van der Waals surface area contributed by atoms with E-state index in [4.69, 9.17) is 15.2 Å². The SMILES string of the molecule is CCOc1ccc(NC(=O)[C@@H](N)C(C)C)cc1OCC. The number of anilines is 1. The first kappa shape index (κ1) is 16.3. The first-order chi connectivity index (χ1) is 9.49. The van der Waals surface area contributed by atoms with E-state index in [0.717, 1.165) is 0 Å². The van der Waals surface area contributed by atoms with Crippen molar-refractivity contribution in [2.45, 2.75) is 33.7 Å². The van der Waals surface area contributed by atoms with Crippen LogP contribution in [0.15, 0.2) is 18.2 Å². The van der Waals surface area contributed by atoms with E-state index in [-0.39, 0.29) is 11.8 Å². The van der Waals surface area contributed by atoms with Gasteiger partial charge in [0.2, 0.25) is 5.91 Å². The molecular weight excluding hydrogens is 256 g/mol. The van der Waals surface area contributed by atoms with Crippen LogP contribution in [-0.2, 0) is 4.79 Å². The summed E-state index contributed by atoms with van der Waals surface area (Å²) in [6.45, 7) is 8.72. The summed E-state index contributed by atoms with van der Waals surface area (Å²) in [6.07, 6.45) is 0. The molecule has 5 nitrogen and oxygen atoms in total. The lowest BCUT2D eigenvalue weighted by molar-refractivity contribution is -0.118. The van der Waals surface area contributed by atoms with Crippen molar-refractivity contribution in [1.29, 1.82) is 0 Å². The number of rotatable bonds is 7. The van der Waals surface area contributed by atoms with E-state index in [0.29, 0.717) is 30.4 Å². The van der Waals surface area contributed by atoms with E-state index in [1.807, 2.05) is 27.7 Å². The Hall–Kier alpha value is -1.75. The summed E-state index contributed by atoms with van der Waals surface area (Å²) in [5.41, 5.74) is 6.47. The Morgan fingerprint density at radius 1 is 1.20 bits per heavy atom. The van der Waals surface area contributed by atoms with Crippen LogP contribution < -0.4 is 20.5 Å². The summed E-state index contributed by atoms with van der Waals surface area (Å²) in [5, 5.41) is 2.79. The third-order valence-electron chi connectivity index (χ3n) is 2.83. The van der Waals surface area contributed by atoms with Crippen molar-refractivity contribution in [2.75, 3.05) is 18.5 Å². The van der Waals surface area contributed by atoms with Crippen molar-refractivity contribution in [3.63, 3.8) is 0 Å². The van der Waals surface area contributed by atoms with Gasteiger partial charge in [0.05, 0.1) is 19.3 Å². The van der Waals surface area contributed by atoms with Crippen molar-refractivity contribution in [2.24, 2.45) is 11.7 Å². The Balaban J connectivity index is 2.86. The molecule has 0 aromatic heterocycles. The van der Waals surface area contributed by atoms with Gasteiger partial charge in [-0.2, -0.15) is 0 Å². The third-order valence-corrected chi connectivity index (χ3v) is 2.83. The highest BCUT2D eigenvalue weighted by atomic mass is 16.5. The predicted molar refractivity (Wildman–Crippen MR) is 80.2 cm³/mol. The fourth-order valence-corrected chi connectivity index (χ4v) is 1.66. The van der Waals surface area contributed by atoms with Gasteiger partial charge >= 0.3 is 0 Å². The summed E-state index contributed by atoms with van der Waals surface area (Å²) in [4.78, 5) is 11.9. The topological polar surface area (TPSA) is 73.6 Å².